The minimum atomic E-state index is -3.09. The number of rotatable bonds is 4. The first-order valence-electron chi connectivity index (χ1n) is 4.53. The van der Waals surface area contributed by atoms with Crippen molar-refractivity contribution in [1.29, 1.82) is 0 Å². The largest absolute Gasteiger partial charge is 0.213 e. The van der Waals surface area contributed by atoms with E-state index in [9.17, 15) is 8.42 Å². The maximum atomic E-state index is 10.8. The summed E-state index contributed by atoms with van der Waals surface area (Å²) in [4.78, 5) is 0. The Kier molecular flexibility index (Phi) is 3.66. The summed E-state index contributed by atoms with van der Waals surface area (Å²) in [5.41, 5.74) is 2.22. The van der Waals surface area contributed by atoms with Crippen LogP contribution in [0.4, 0.5) is 0 Å². The van der Waals surface area contributed by atoms with E-state index in [0.717, 1.165) is 18.2 Å². The summed E-state index contributed by atoms with van der Waals surface area (Å²) in [6, 6.07) is 7.90. The summed E-state index contributed by atoms with van der Waals surface area (Å²) in [5, 5.41) is 0. The highest BCUT2D eigenvalue weighted by molar-refractivity contribution is 7.88. The highest BCUT2D eigenvalue weighted by atomic mass is 32.2. The molecular formula is C10H15NO2S. The molecule has 0 heterocycles. The van der Waals surface area contributed by atoms with Gasteiger partial charge in [0, 0.05) is 6.54 Å². The second-order valence-corrected chi connectivity index (χ2v) is 5.10. The van der Waals surface area contributed by atoms with Gasteiger partial charge in [-0.3, -0.25) is 0 Å². The van der Waals surface area contributed by atoms with Crippen LogP contribution in [-0.4, -0.2) is 14.7 Å². The highest BCUT2D eigenvalue weighted by Gasteiger charge is 2.00. The van der Waals surface area contributed by atoms with Crippen LogP contribution in [0.1, 0.15) is 18.1 Å². The predicted octanol–water partition coefficient (Wildman–Crippen LogP) is 1.30. The normalized spacial score (nSPS) is 11.6. The Labute approximate surface area is 85.2 Å². The van der Waals surface area contributed by atoms with E-state index in [4.69, 9.17) is 0 Å². The molecule has 0 bridgehead atoms. The SMILES string of the molecule is CCc1cccc(CNS(C)(=O)=O)c1. The molecule has 0 saturated carbocycles. The molecule has 0 fully saturated rings. The average molecular weight is 213 g/mol. The summed E-state index contributed by atoms with van der Waals surface area (Å²) in [6.45, 7) is 2.44. The Bertz CT molecular complexity index is 398. The van der Waals surface area contributed by atoms with Crippen molar-refractivity contribution in [2.75, 3.05) is 6.26 Å². The van der Waals surface area contributed by atoms with Gasteiger partial charge in [-0.05, 0) is 17.5 Å². The van der Waals surface area contributed by atoms with Gasteiger partial charge in [0.05, 0.1) is 6.26 Å². The molecule has 1 aromatic rings. The lowest BCUT2D eigenvalue weighted by Gasteiger charge is -2.04. The van der Waals surface area contributed by atoms with Crippen molar-refractivity contribution >= 4 is 10.0 Å². The molecule has 0 spiro atoms. The molecule has 1 rings (SSSR count). The molecule has 0 amide bonds. The quantitative estimate of drug-likeness (QED) is 0.819. The maximum absolute atomic E-state index is 10.8. The summed E-state index contributed by atoms with van der Waals surface area (Å²) in [5.74, 6) is 0. The van der Waals surface area contributed by atoms with Gasteiger partial charge in [0.1, 0.15) is 0 Å². The lowest BCUT2D eigenvalue weighted by atomic mass is 10.1. The van der Waals surface area contributed by atoms with Gasteiger partial charge in [0.15, 0.2) is 0 Å². The van der Waals surface area contributed by atoms with Gasteiger partial charge >= 0.3 is 0 Å². The Morgan fingerprint density at radius 2 is 1.93 bits per heavy atom. The van der Waals surface area contributed by atoms with Crippen LogP contribution in [0.15, 0.2) is 24.3 Å². The van der Waals surface area contributed by atoms with Gasteiger partial charge < -0.3 is 0 Å². The molecular weight excluding hydrogens is 198 g/mol. The number of nitrogens with one attached hydrogen (secondary N) is 1. The van der Waals surface area contributed by atoms with Crippen LogP contribution in [0.2, 0.25) is 0 Å². The van der Waals surface area contributed by atoms with Crippen molar-refractivity contribution in [3.63, 3.8) is 0 Å². The summed E-state index contributed by atoms with van der Waals surface area (Å²) in [7, 11) is -3.09. The first-order chi connectivity index (χ1) is 6.51. The average Bonchev–Trinajstić information content (AvgIpc) is 2.14. The summed E-state index contributed by atoms with van der Waals surface area (Å²) >= 11 is 0. The maximum Gasteiger partial charge on any atom is 0.209 e. The highest BCUT2D eigenvalue weighted by Crippen LogP contribution is 2.05. The van der Waals surface area contributed by atoms with Crippen molar-refractivity contribution in [1.82, 2.24) is 4.72 Å². The number of hydrogen-bond acceptors (Lipinski definition) is 2. The Balaban J connectivity index is 2.68. The number of hydrogen-bond donors (Lipinski definition) is 1. The van der Waals surface area contributed by atoms with Crippen LogP contribution in [0.3, 0.4) is 0 Å². The van der Waals surface area contributed by atoms with E-state index >= 15 is 0 Å². The fourth-order valence-corrected chi connectivity index (χ4v) is 1.60. The first-order valence-corrected chi connectivity index (χ1v) is 6.43. The second kappa shape index (κ2) is 4.57. The topological polar surface area (TPSA) is 46.2 Å². The lowest BCUT2D eigenvalue weighted by molar-refractivity contribution is 0.587. The van der Waals surface area contributed by atoms with Gasteiger partial charge in [-0.15, -0.1) is 0 Å². The van der Waals surface area contributed by atoms with Gasteiger partial charge in [-0.25, -0.2) is 13.1 Å². The van der Waals surface area contributed by atoms with Gasteiger partial charge in [-0.2, -0.15) is 0 Å². The van der Waals surface area contributed by atoms with Crippen molar-refractivity contribution < 1.29 is 8.42 Å². The molecule has 0 atom stereocenters. The summed E-state index contributed by atoms with van der Waals surface area (Å²) in [6.07, 6.45) is 2.13. The molecule has 0 aromatic heterocycles. The van der Waals surface area contributed by atoms with Crippen LogP contribution in [-0.2, 0) is 23.0 Å². The fourth-order valence-electron chi connectivity index (χ4n) is 1.17. The van der Waals surface area contributed by atoms with Crippen LogP contribution < -0.4 is 4.72 Å². The number of benzene rings is 1. The first kappa shape index (κ1) is 11.2. The molecule has 4 heteroatoms. The van der Waals surface area contributed by atoms with Crippen LogP contribution in [0.25, 0.3) is 0 Å². The van der Waals surface area contributed by atoms with Crippen LogP contribution in [0.5, 0.6) is 0 Å². The molecule has 1 N–H and O–H groups in total. The minimum Gasteiger partial charge on any atom is -0.213 e. The third-order valence-corrected chi connectivity index (χ3v) is 2.61. The molecule has 0 radical (unpaired) electrons. The van der Waals surface area contributed by atoms with E-state index in [2.05, 4.69) is 11.6 Å². The zero-order chi connectivity index (χ0) is 10.6. The molecule has 78 valence electrons. The molecule has 0 unspecified atom stereocenters. The monoisotopic (exact) mass is 213 g/mol. The van der Waals surface area contributed by atoms with Gasteiger partial charge in [0.2, 0.25) is 10.0 Å². The molecule has 14 heavy (non-hydrogen) atoms. The Morgan fingerprint density at radius 3 is 2.50 bits per heavy atom. The van der Waals surface area contributed by atoms with Crippen molar-refractivity contribution in [3.05, 3.63) is 35.4 Å². The zero-order valence-corrected chi connectivity index (χ0v) is 9.26. The van der Waals surface area contributed by atoms with E-state index in [1.807, 2.05) is 24.3 Å². The predicted molar refractivity (Wildman–Crippen MR) is 57.5 cm³/mol. The second-order valence-electron chi connectivity index (χ2n) is 3.27. The Hall–Kier alpha value is -0.870. The third-order valence-electron chi connectivity index (χ3n) is 1.94. The van der Waals surface area contributed by atoms with E-state index in [1.165, 1.54) is 5.56 Å². The van der Waals surface area contributed by atoms with E-state index in [0.29, 0.717) is 6.54 Å². The van der Waals surface area contributed by atoms with Crippen molar-refractivity contribution in [2.24, 2.45) is 0 Å². The van der Waals surface area contributed by atoms with Crippen molar-refractivity contribution in [2.45, 2.75) is 19.9 Å². The number of aryl methyl sites for hydroxylation is 1. The number of sulfonamides is 1. The molecule has 0 saturated heterocycles. The molecule has 0 aliphatic heterocycles. The van der Waals surface area contributed by atoms with E-state index in [-0.39, 0.29) is 0 Å². The zero-order valence-electron chi connectivity index (χ0n) is 8.45. The molecule has 0 aliphatic carbocycles. The summed E-state index contributed by atoms with van der Waals surface area (Å²) < 4.78 is 24.2. The molecule has 3 nitrogen and oxygen atoms in total. The third kappa shape index (κ3) is 3.89. The fraction of sp³-hybridized carbons (Fsp3) is 0.400. The lowest BCUT2D eigenvalue weighted by Crippen LogP contribution is -2.21. The smallest absolute Gasteiger partial charge is 0.209 e. The van der Waals surface area contributed by atoms with E-state index < -0.39 is 10.0 Å². The van der Waals surface area contributed by atoms with Gasteiger partial charge in [0.25, 0.3) is 0 Å². The van der Waals surface area contributed by atoms with Crippen LogP contribution >= 0.6 is 0 Å². The standard InChI is InChI=1S/C10H15NO2S/c1-3-9-5-4-6-10(7-9)8-11-14(2,12)13/h4-7,11H,3,8H2,1-2H3. The van der Waals surface area contributed by atoms with Crippen LogP contribution in [0, 0.1) is 0 Å². The Morgan fingerprint density at radius 1 is 1.29 bits per heavy atom. The van der Waals surface area contributed by atoms with E-state index in [1.54, 1.807) is 0 Å². The molecule has 0 aliphatic rings. The molecule has 1 aromatic carbocycles. The minimum absolute atomic E-state index is 0.368. The van der Waals surface area contributed by atoms with Gasteiger partial charge in [-0.1, -0.05) is 31.2 Å². The van der Waals surface area contributed by atoms with Crippen molar-refractivity contribution in [3.8, 4) is 0 Å².